The van der Waals surface area contributed by atoms with Gasteiger partial charge in [0.2, 0.25) is 0 Å². The standard InChI is InChI=1S/C11H13FN2O3S/c1-14(2)18(16,17)13-10-6-5-9(4-3-7-15)11(12)8-10/h5-6,8,13,15H,7H2,1-2H3. The maximum absolute atomic E-state index is 13.5. The molecule has 0 aliphatic heterocycles. The molecule has 0 atom stereocenters. The molecular formula is C11H13FN2O3S. The largest absolute Gasteiger partial charge is 0.384 e. The van der Waals surface area contributed by atoms with Crippen LogP contribution in [0.15, 0.2) is 18.2 Å². The van der Waals surface area contributed by atoms with Gasteiger partial charge in [-0.15, -0.1) is 0 Å². The Bertz CT molecular complexity index is 588. The molecule has 1 aromatic rings. The quantitative estimate of drug-likeness (QED) is 0.782. The Morgan fingerprint density at radius 1 is 1.44 bits per heavy atom. The first-order valence-electron chi connectivity index (χ1n) is 4.96. The normalized spacial score (nSPS) is 10.9. The number of rotatable bonds is 3. The van der Waals surface area contributed by atoms with Crippen molar-refractivity contribution in [1.82, 2.24) is 4.31 Å². The van der Waals surface area contributed by atoms with Crippen molar-refractivity contribution < 1.29 is 17.9 Å². The van der Waals surface area contributed by atoms with Crippen molar-refractivity contribution in [3.63, 3.8) is 0 Å². The SMILES string of the molecule is CN(C)S(=O)(=O)Nc1ccc(C#CCO)c(F)c1. The van der Waals surface area contributed by atoms with Crippen LogP contribution in [0.4, 0.5) is 10.1 Å². The fourth-order valence-corrected chi connectivity index (χ4v) is 1.66. The first-order chi connectivity index (χ1) is 8.36. The number of nitrogens with one attached hydrogen (secondary N) is 1. The molecule has 0 aliphatic carbocycles. The minimum Gasteiger partial charge on any atom is -0.384 e. The predicted molar refractivity (Wildman–Crippen MR) is 66.6 cm³/mol. The summed E-state index contributed by atoms with van der Waals surface area (Å²) < 4.78 is 39.7. The third-order valence-corrected chi connectivity index (χ3v) is 3.45. The summed E-state index contributed by atoms with van der Waals surface area (Å²) in [7, 11) is -0.935. The van der Waals surface area contributed by atoms with Gasteiger partial charge in [0.1, 0.15) is 12.4 Å². The van der Waals surface area contributed by atoms with Crippen molar-refractivity contribution in [1.29, 1.82) is 0 Å². The lowest BCUT2D eigenvalue weighted by molar-refractivity contribution is 0.350. The molecule has 0 amide bonds. The lowest BCUT2D eigenvalue weighted by Gasteiger charge is -2.13. The molecule has 18 heavy (non-hydrogen) atoms. The van der Waals surface area contributed by atoms with E-state index in [1.807, 2.05) is 0 Å². The van der Waals surface area contributed by atoms with Gasteiger partial charge >= 0.3 is 10.2 Å². The number of benzene rings is 1. The van der Waals surface area contributed by atoms with E-state index in [1.165, 1.54) is 26.2 Å². The van der Waals surface area contributed by atoms with Crippen molar-refractivity contribution in [2.45, 2.75) is 0 Å². The van der Waals surface area contributed by atoms with Gasteiger partial charge in [-0.1, -0.05) is 11.8 Å². The zero-order valence-electron chi connectivity index (χ0n) is 9.94. The van der Waals surface area contributed by atoms with Crippen LogP contribution in [-0.4, -0.2) is 38.5 Å². The zero-order chi connectivity index (χ0) is 13.8. The third kappa shape index (κ3) is 3.70. The van der Waals surface area contributed by atoms with E-state index >= 15 is 0 Å². The van der Waals surface area contributed by atoms with E-state index < -0.39 is 16.0 Å². The van der Waals surface area contributed by atoms with Gasteiger partial charge in [0.05, 0.1) is 11.3 Å². The van der Waals surface area contributed by atoms with Crippen LogP contribution in [0.3, 0.4) is 0 Å². The van der Waals surface area contributed by atoms with Crippen molar-refractivity contribution in [3.8, 4) is 11.8 Å². The predicted octanol–water partition coefficient (Wildman–Crippen LogP) is 0.388. The summed E-state index contributed by atoms with van der Waals surface area (Å²) in [5.74, 6) is 4.07. The molecule has 0 unspecified atom stereocenters. The average molecular weight is 272 g/mol. The molecule has 0 radical (unpaired) electrons. The molecule has 98 valence electrons. The molecule has 7 heteroatoms. The fourth-order valence-electron chi connectivity index (χ4n) is 1.05. The molecule has 5 nitrogen and oxygen atoms in total. The Hall–Kier alpha value is -1.62. The van der Waals surface area contributed by atoms with E-state index in [0.717, 1.165) is 10.4 Å². The summed E-state index contributed by atoms with van der Waals surface area (Å²) in [6, 6.07) is 3.76. The molecule has 0 spiro atoms. The number of hydrogen-bond donors (Lipinski definition) is 2. The molecule has 2 N–H and O–H groups in total. The molecule has 0 fully saturated rings. The van der Waals surface area contributed by atoms with Gasteiger partial charge in [0.25, 0.3) is 0 Å². The highest BCUT2D eigenvalue weighted by Gasteiger charge is 2.13. The number of nitrogens with zero attached hydrogens (tertiary/aromatic N) is 1. The summed E-state index contributed by atoms with van der Waals surface area (Å²) >= 11 is 0. The number of halogens is 1. The van der Waals surface area contributed by atoms with Gasteiger partial charge in [0.15, 0.2) is 0 Å². The lowest BCUT2D eigenvalue weighted by Crippen LogP contribution is -2.28. The van der Waals surface area contributed by atoms with E-state index in [4.69, 9.17) is 5.11 Å². The van der Waals surface area contributed by atoms with Crippen LogP contribution in [0.25, 0.3) is 0 Å². The van der Waals surface area contributed by atoms with Gasteiger partial charge in [0, 0.05) is 14.1 Å². The summed E-state index contributed by atoms with van der Waals surface area (Å²) in [6.07, 6.45) is 0. The van der Waals surface area contributed by atoms with Gasteiger partial charge in [-0.2, -0.15) is 12.7 Å². The highest BCUT2D eigenvalue weighted by Crippen LogP contribution is 2.15. The molecule has 1 aromatic carbocycles. The number of aliphatic hydroxyl groups is 1. The maximum Gasteiger partial charge on any atom is 0.301 e. The van der Waals surface area contributed by atoms with Crippen molar-refractivity contribution in [2.24, 2.45) is 0 Å². The van der Waals surface area contributed by atoms with Crippen LogP contribution in [0, 0.1) is 17.7 Å². The summed E-state index contributed by atoms with van der Waals surface area (Å²) in [6.45, 7) is -0.367. The van der Waals surface area contributed by atoms with Crippen LogP contribution in [0.1, 0.15) is 5.56 Å². The Kier molecular flexibility index (Phi) is 4.67. The minimum atomic E-state index is -3.66. The molecular weight excluding hydrogens is 259 g/mol. The molecule has 0 aromatic heterocycles. The van der Waals surface area contributed by atoms with Crippen molar-refractivity contribution in [3.05, 3.63) is 29.6 Å². The minimum absolute atomic E-state index is 0.0943. The van der Waals surface area contributed by atoms with E-state index in [2.05, 4.69) is 16.6 Å². The van der Waals surface area contributed by atoms with Gasteiger partial charge in [-0.25, -0.2) is 4.39 Å². The second kappa shape index (κ2) is 5.82. The Balaban J connectivity index is 2.99. The van der Waals surface area contributed by atoms with E-state index in [9.17, 15) is 12.8 Å². The molecule has 0 heterocycles. The van der Waals surface area contributed by atoms with Crippen molar-refractivity contribution in [2.75, 3.05) is 25.4 Å². The summed E-state index contributed by atoms with van der Waals surface area (Å²) in [4.78, 5) is 0. The second-order valence-corrected chi connectivity index (χ2v) is 5.43. The first-order valence-corrected chi connectivity index (χ1v) is 6.40. The second-order valence-electron chi connectivity index (χ2n) is 3.54. The van der Waals surface area contributed by atoms with Crippen LogP contribution >= 0.6 is 0 Å². The molecule has 0 aliphatic rings. The molecule has 0 saturated heterocycles. The highest BCUT2D eigenvalue weighted by molar-refractivity contribution is 7.90. The zero-order valence-corrected chi connectivity index (χ0v) is 10.8. The van der Waals surface area contributed by atoms with E-state index in [0.29, 0.717) is 0 Å². The van der Waals surface area contributed by atoms with Gasteiger partial charge < -0.3 is 5.11 Å². The average Bonchev–Trinajstić information content (AvgIpc) is 2.27. The number of hydrogen-bond acceptors (Lipinski definition) is 3. The van der Waals surface area contributed by atoms with Gasteiger partial charge in [-0.05, 0) is 18.2 Å². The topological polar surface area (TPSA) is 69.6 Å². The lowest BCUT2D eigenvalue weighted by atomic mass is 10.2. The highest BCUT2D eigenvalue weighted by atomic mass is 32.2. The molecule has 1 rings (SSSR count). The van der Waals surface area contributed by atoms with E-state index in [1.54, 1.807) is 0 Å². The van der Waals surface area contributed by atoms with Gasteiger partial charge in [-0.3, -0.25) is 4.72 Å². The van der Waals surface area contributed by atoms with Crippen molar-refractivity contribution >= 4 is 15.9 Å². The number of aliphatic hydroxyl groups excluding tert-OH is 1. The Morgan fingerprint density at radius 3 is 2.61 bits per heavy atom. The molecule has 0 saturated carbocycles. The Morgan fingerprint density at radius 2 is 2.11 bits per heavy atom. The summed E-state index contributed by atoms with van der Waals surface area (Å²) in [5.41, 5.74) is 0.201. The molecule has 0 bridgehead atoms. The first kappa shape index (κ1) is 14.4. The van der Waals surface area contributed by atoms with Crippen LogP contribution in [0.2, 0.25) is 0 Å². The van der Waals surface area contributed by atoms with Crippen LogP contribution in [0.5, 0.6) is 0 Å². The Labute approximate surface area is 105 Å². The smallest absolute Gasteiger partial charge is 0.301 e. The number of anilines is 1. The summed E-state index contributed by atoms with van der Waals surface area (Å²) in [5, 5.41) is 8.49. The monoisotopic (exact) mass is 272 g/mol. The van der Waals surface area contributed by atoms with Crippen LogP contribution in [-0.2, 0) is 10.2 Å². The third-order valence-electron chi connectivity index (χ3n) is 2.00. The fraction of sp³-hybridized carbons (Fsp3) is 0.273. The maximum atomic E-state index is 13.5. The van der Waals surface area contributed by atoms with Crippen LogP contribution < -0.4 is 4.72 Å². The van der Waals surface area contributed by atoms with E-state index in [-0.39, 0.29) is 17.9 Å².